The predicted octanol–water partition coefficient (Wildman–Crippen LogP) is 3.35. The molecule has 0 bridgehead atoms. The van der Waals surface area contributed by atoms with Crippen molar-refractivity contribution in [3.05, 3.63) is 40.2 Å². The van der Waals surface area contributed by atoms with Crippen molar-refractivity contribution in [2.45, 2.75) is 45.1 Å². The Morgan fingerprint density at radius 3 is 2.52 bits per heavy atom. The lowest BCUT2D eigenvalue weighted by Gasteiger charge is -2.33. The van der Waals surface area contributed by atoms with E-state index in [9.17, 15) is 14.7 Å². The molecule has 3 rings (SSSR count). The van der Waals surface area contributed by atoms with Crippen LogP contribution in [0.25, 0.3) is 10.9 Å². The first kappa shape index (κ1) is 17.3. The highest BCUT2D eigenvalue weighted by Crippen LogP contribution is 2.35. The number of likely N-dealkylation sites (tertiary alicyclic amines) is 1. The van der Waals surface area contributed by atoms with Crippen LogP contribution in [0.4, 0.5) is 4.79 Å². The van der Waals surface area contributed by atoms with Gasteiger partial charge in [-0.2, -0.15) is 0 Å². The Hall–Kier alpha value is -2.50. The maximum absolute atomic E-state index is 12.4. The van der Waals surface area contributed by atoms with E-state index >= 15 is 0 Å². The number of para-hydroxylation sites is 1. The van der Waals surface area contributed by atoms with Crippen LogP contribution in [0.3, 0.4) is 0 Å². The number of hydrogen-bond donors (Lipinski definition) is 2. The lowest BCUT2D eigenvalue weighted by Crippen LogP contribution is -2.41. The van der Waals surface area contributed by atoms with E-state index < -0.39 is 5.60 Å². The number of benzene rings is 1. The molecule has 6 nitrogen and oxygen atoms in total. The van der Waals surface area contributed by atoms with Gasteiger partial charge in [-0.3, -0.25) is 4.79 Å². The highest BCUT2D eigenvalue weighted by atomic mass is 16.6. The van der Waals surface area contributed by atoms with Gasteiger partial charge < -0.3 is 19.7 Å². The number of hydrogen-bond acceptors (Lipinski definition) is 4. The van der Waals surface area contributed by atoms with Gasteiger partial charge in [-0.25, -0.2) is 4.79 Å². The fraction of sp³-hybridized carbons (Fsp3) is 0.474. The number of pyridine rings is 1. The lowest BCUT2D eigenvalue weighted by atomic mass is 9.89. The Balaban J connectivity index is 1.79. The monoisotopic (exact) mass is 344 g/mol. The Kier molecular flexibility index (Phi) is 4.45. The number of aromatic nitrogens is 1. The zero-order valence-electron chi connectivity index (χ0n) is 14.8. The highest BCUT2D eigenvalue weighted by Gasteiger charge is 2.30. The zero-order chi connectivity index (χ0) is 18.2. The first-order valence-corrected chi connectivity index (χ1v) is 8.58. The van der Waals surface area contributed by atoms with Crippen LogP contribution in [0.2, 0.25) is 0 Å². The summed E-state index contributed by atoms with van der Waals surface area (Å²) >= 11 is 0. The molecule has 0 radical (unpaired) electrons. The topological polar surface area (TPSA) is 82.6 Å². The molecule has 1 saturated heterocycles. The number of ether oxygens (including phenoxy) is 1. The normalized spacial score (nSPS) is 16.2. The van der Waals surface area contributed by atoms with E-state index in [2.05, 4.69) is 4.98 Å². The third-order valence-electron chi connectivity index (χ3n) is 4.49. The van der Waals surface area contributed by atoms with Gasteiger partial charge in [0.2, 0.25) is 0 Å². The van der Waals surface area contributed by atoms with Crippen LogP contribution in [-0.2, 0) is 4.74 Å². The second-order valence-electron chi connectivity index (χ2n) is 7.50. The summed E-state index contributed by atoms with van der Waals surface area (Å²) in [6.07, 6.45) is 0.908. The fourth-order valence-corrected chi connectivity index (χ4v) is 3.30. The van der Waals surface area contributed by atoms with Gasteiger partial charge in [-0.15, -0.1) is 0 Å². The average Bonchev–Trinajstić information content (AvgIpc) is 2.54. The maximum atomic E-state index is 12.4. The summed E-state index contributed by atoms with van der Waals surface area (Å²) in [6, 6.07) is 7.21. The van der Waals surface area contributed by atoms with Crippen molar-refractivity contribution >= 4 is 17.0 Å². The second-order valence-corrected chi connectivity index (χ2v) is 7.50. The molecule has 1 aliphatic rings. The number of carbonyl (C=O) groups excluding carboxylic acids is 1. The van der Waals surface area contributed by atoms with Crippen molar-refractivity contribution in [3.8, 4) is 5.75 Å². The quantitative estimate of drug-likeness (QED) is 0.831. The average molecular weight is 344 g/mol. The molecular weight excluding hydrogens is 320 g/mol. The molecule has 6 heteroatoms. The number of aromatic hydroxyl groups is 1. The number of nitrogens with one attached hydrogen (secondary N) is 1. The van der Waals surface area contributed by atoms with E-state index in [-0.39, 0.29) is 23.3 Å². The number of fused-ring (bicyclic) bond motifs is 1. The number of H-pyrrole nitrogens is 1. The van der Waals surface area contributed by atoms with E-state index in [1.165, 1.54) is 0 Å². The van der Waals surface area contributed by atoms with Gasteiger partial charge in [0.05, 0.1) is 11.1 Å². The smallest absolute Gasteiger partial charge is 0.410 e. The van der Waals surface area contributed by atoms with E-state index in [1.54, 1.807) is 17.0 Å². The number of nitrogens with zero attached hydrogens (tertiary/aromatic N) is 1. The minimum atomic E-state index is -0.526. The van der Waals surface area contributed by atoms with Gasteiger partial charge in [-0.1, -0.05) is 12.1 Å². The molecule has 0 saturated carbocycles. The third kappa shape index (κ3) is 3.62. The van der Waals surface area contributed by atoms with Gasteiger partial charge in [0.15, 0.2) is 0 Å². The largest absolute Gasteiger partial charge is 0.507 e. The Labute approximate surface area is 146 Å². The SMILES string of the molecule is CC(C)(C)OC(=O)N1CCC(c2c(O)c3ccccc3[nH]c2=O)CC1. The number of piperidine rings is 1. The summed E-state index contributed by atoms with van der Waals surface area (Å²) in [6.45, 7) is 6.52. The van der Waals surface area contributed by atoms with Crippen molar-refractivity contribution in [2.24, 2.45) is 0 Å². The molecule has 2 heterocycles. The van der Waals surface area contributed by atoms with E-state index in [4.69, 9.17) is 4.74 Å². The van der Waals surface area contributed by atoms with Crippen molar-refractivity contribution < 1.29 is 14.6 Å². The van der Waals surface area contributed by atoms with Crippen LogP contribution < -0.4 is 5.56 Å². The van der Waals surface area contributed by atoms with Gasteiger partial charge in [0, 0.05) is 18.5 Å². The van der Waals surface area contributed by atoms with Gasteiger partial charge in [0.1, 0.15) is 11.4 Å². The summed E-state index contributed by atoms with van der Waals surface area (Å²) in [5, 5.41) is 11.2. The molecule has 1 aromatic carbocycles. The summed E-state index contributed by atoms with van der Waals surface area (Å²) in [5.74, 6) is -0.0258. The van der Waals surface area contributed by atoms with Crippen LogP contribution in [0.1, 0.15) is 45.1 Å². The molecule has 2 N–H and O–H groups in total. The molecule has 1 fully saturated rings. The van der Waals surface area contributed by atoms with Crippen molar-refractivity contribution in [1.82, 2.24) is 9.88 Å². The first-order chi connectivity index (χ1) is 11.8. The minimum absolute atomic E-state index is 0.0510. The fourth-order valence-electron chi connectivity index (χ4n) is 3.30. The lowest BCUT2D eigenvalue weighted by molar-refractivity contribution is 0.0204. The molecule has 1 aliphatic heterocycles. The van der Waals surface area contributed by atoms with Crippen LogP contribution in [-0.4, -0.2) is 39.8 Å². The predicted molar refractivity (Wildman–Crippen MR) is 96.0 cm³/mol. The van der Waals surface area contributed by atoms with Crippen molar-refractivity contribution in [3.63, 3.8) is 0 Å². The first-order valence-electron chi connectivity index (χ1n) is 8.58. The standard InChI is InChI=1S/C19H24N2O4/c1-19(2,3)25-18(24)21-10-8-12(9-11-21)15-16(22)13-6-4-5-7-14(13)20-17(15)23/h4-7,12H,8-11H2,1-3H3,(H2,20,22,23). The number of carbonyl (C=O) groups is 1. The molecule has 0 aliphatic carbocycles. The molecule has 134 valence electrons. The number of aromatic amines is 1. The molecule has 1 amide bonds. The van der Waals surface area contributed by atoms with Crippen LogP contribution in [0.15, 0.2) is 29.1 Å². The third-order valence-corrected chi connectivity index (χ3v) is 4.49. The molecule has 2 aromatic rings. The van der Waals surface area contributed by atoms with Gasteiger partial charge in [-0.05, 0) is 51.7 Å². The van der Waals surface area contributed by atoms with Crippen LogP contribution in [0.5, 0.6) is 5.75 Å². The highest BCUT2D eigenvalue weighted by molar-refractivity contribution is 5.85. The molecule has 25 heavy (non-hydrogen) atoms. The van der Waals surface area contributed by atoms with Crippen molar-refractivity contribution in [1.29, 1.82) is 0 Å². The summed E-state index contributed by atoms with van der Waals surface area (Å²) in [7, 11) is 0. The Bertz CT molecular complexity index is 843. The Morgan fingerprint density at radius 2 is 1.88 bits per heavy atom. The summed E-state index contributed by atoms with van der Waals surface area (Å²) < 4.78 is 5.39. The van der Waals surface area contributed by atoms with Crippen LogP contribution >= 0.6 is 0 Å². The zero-order valence-corrected chi connectivity index (χ0v) is 14.8. The summed E-state index contributed by atoms with van der Waals surface area (Å²) in [4.78, 5) is 29.1. The number of amides is 1. The number of rotatable bonds is 1. The molecule has 0 atom stereocenters. The van der Waals surface area contributed by atoms with E-state index in [0.29, 0.717) is 42.4 Å². The second kappa shape index (κ2) is 6.43. The van der Waals surface area contributed by atoms with Gasteiger partial charge in [0.25, 0.3) is 5.56 Å². The molecular formula is C19H24N2O4. The molecule has 0 spiro atoms. The molecule has 1 aromatic heterocycles. The summed E-state index contributed by atoms with van der Waals surface area (Å²) in [5.41, 5.74) is 0.260. The minimum Gasteiger partial charge on any atom is -0.507 e. The Morgan fingerprint density at radius 1 is 1.24 bits per heavy atom. The van der Waals surface area contributed by atoms with E-state index in [0.717, 1.165) is 0 Å². The maximum Gasteiger partial charge on any atom is 0.410 e. The molecule has 0 unspecified atom stereocenters. The van der Waals surface area contributed by atoms with E-state index in [1.807, 2.05) is 32.9 Å². The van der Waals surface area contributed by atoms with Crippen molar-refractivity contribution in [2.75, 3.05) is 13.1 Å². The van der Waals surface area contributed by atoms with Gasteiger partial charge >= 0.3 is 6.09 Å². The van der Waals surface area contributed by atoms with Crippen LogP contribution in [0, 0.1) is 0 Å².